The number of carbonyl (C=O) groups is 2. The van der Waals surface area contributed by atoms with E-state index >= 15 is 0 Å². The molecular formula is C19H15N5O2. The summed E-state index contributed by atoms with van der Waals surface area (Å²) in [5, 5.41) is 11.0. The van der Waals surface area contributed by atoms with Crippen LogP contribution in [0.3, 0.4) is 0 Å². The van der Waals surface area contributed by atoms with Crippen LogP contribution in [0, 0.1) is 0 Å². The van der Waals surface area contributed by atoms with Crippen LogP contribution in [0.25, 0.3) is 0 Å². The predicted octanol–water partition coefficient (Wildman–Crippen LogP) is 3.85. The number of carbonyl (C=O) groups excluding carboxylic acids is 2. The fourth-order valence-corrected chi connectivity index (χ4v) is 2.09. The van der Waals surface area contributed by atoms with Gasteiger partial charge >= 0.3 is 0 Å². The monoisotopic (exact) mass is 345 g/mol. The number of amides is 2. The average Bonchev–Trinajstić information content (AvgIpc) is 2.68. The smallest absolute Gasteiger partial charge is 0.274 e. The number of benzene rings is 2. The molecule has 0 aliphatic heterocycles. The lowest BCUT2D eigenvalue weighted by molar-refractivity contribution is 0.0993. The van der Waals surface area contributed by atoms with E-state index in [9.17, 15) is 9.59 Å². The van der Waals surface area contributed by atoms with E-state index in [0.717, 1.165) is 5.69 Å². The van der Waals surface area contributed by atoms with Crippen molar-refractivity contribution in [3.05, 3.63) is 84.2 Å². The molecule has 0 saturated heterocycles. The Balaban J connectivity index is 1.64. The first-order valence-corrected chi connectivity index (χ1v) is 7.76. The van der Waals surface area contributed by atoms with Crippen LogP contribution < -0.4 is 11.1 Å². The van der Waals surface area contributed by atoms with E-state index in [1.54, 1.807) is 24.3 Å². The van der Waals surface area contributed by atoms with Crippen molar-refractivity contribution in [1.82, 2.24) is 4.98 Å². The van der Waals surface area contributed by atoms with Gasteiger partial charge in [-0.1, -0.05) is 18.2 Å². The van der Waals surface area contributed by atoms with Crippen molar-refractivity contribution >= 4 is 28.9 Å². The van der Waals surface area contributed by atoms with Gasteiger partial charge in [0.15, 0.2) is 0 Å². The number of hydrogen-bond donors (Lipinski definition) is 2. The minimum Gasteiger partial charge on any atom is -0.366 e. The number of nitrogens with one attached hydrogen (secondary N) is 1. The number of nitrogens with zero attached hydrogens (tertiary/aromatic N) is 3. The molecule has 0 aliphatic rings. The standard InChI is InChI=1S/C19H15N5O2/c20-18(25)13-6-11-17(21-12-13)19(26)22-14-7-9-16(10-8-14)24-23-15-4-2-1-3-5-15/h1-12H,(H2,20,25)(H,22,26). The lowest BCUT2D eigenvalue weighted by atomic mass is 10.2. The van der Waals surface area contributed by atoms with Gasteiger partial charge in [-0.2, -0.15) is 10.2 Å². The summed E-state index contributed by atoms with van der Waals surface area (Å²) >= 11 is 0. The summed E-state index contributed by atoms with van der Waals surface area (Å²) in [6, 6.07) is 19.2. The highest BCUT2D eigenvalue weighted by Crippen LogP contribution is 2.20. The Kier molecular flexibility index (Phi) is 5.09. The molecule has 2 amide bonds. The molecule has 0 aliphatic carbocycles. The molecule has 0 atom stereocenters. The third-order valence-corrected chi connectivity index (χ3v) is 3.44. The van der Waals surface area contributed by atoms with Crippen LogP contribution in [0.1, 0.15) is 20.8 Å². The lowest BCUT2D eigenvalue weighted by Gasteiger charge is -2.05. The summed E-state index contributed by atoms with van der Waals surface area (Å²) in [5.41, 5.74) is 7.59. The van der Waals surface area contributed by atoms with Crippen LogP contribution >= 0.6 is 0 Å². The van der Waals surface area contributed by atoms with Crippen molar-refractivity contribution in [2.24, 2.45) is 16.0 Å². The van der Waals surface area contributed by atoms with E-state index in [1.165, 1.54) is 18.3 Å². The van der Waals surface area contributed by atoms with Crippen molar-refractivity contribution in [1.29, 1.82) is 0 Å². The second kappa shape index (κ2) is 7.80. The van der Waals surface area contributed by atoms with Crippen molar-refractivity contribution in [2.45, 2.75) is 0 Å². The predicted molar refractivity (Wildman–Crippen MR) is 97.8 cm³/mol. The van der Waals surface area contributed by atoms with Gasteiger partial charge in [0.05, 0.1) is 16.9 Å². The minimum absolute atomic E-state index is 0.183. The molecule has 1 aromatic heterocycles. The van der Waals surface area contributed by atoms with Gasteiger partial charge in [-0.05, 0) is 48.5 Å². The van der Waals surface area contributed by atoms with Crippen molar-refractivity contribution in [2.75, 3.05) is 5.32 Å². The first kappa shape index (κ1) is 17.0. The lowest BCUT2D eigenvalue weighted by Crippen LogP contribution is -2.15. The van der Waals surface area contributed by atoms with Gasteiger partial charge in [-0.25, -0.2) is 0 Å². The Bertz CT molecular complexity index is 936. The zero-order valence-electron chi connectivity index (χ0n) is 13.7. The summed E-state index contributed by atoms with van der Waals surface area (Å²) in [6.45, 7) is 0. The van der Waals surface area contributed by atoms with Crippen molar-refractivity contribution in [3.63, 3.8) is 0 Å². The first-order chi connectivity index (χ1) is 12.6. The highest BCUT2D eigenvalue weighted by molar-refractivity contribution is 6.03. The van der Waals surface area contributed by atoms with E-state index < -0.39 is 5.91 Å². The third kappa shape index (κ3) is 4.35. The fourth-order valence-electron chi connectivity index (χ4n) is 2.09. The number of primary amides is 1. The SMILES string of the molecule is NC(=O)c1ccc(C(=O)Nc2ccc(N=Nc3ccccc3)cc2)nc1. The highest BCUT2D eigenvalue weighted by atomic mass is 16.2. The van der Waals surface area contributed by atoms with Crippen LogP contribution in [-0.2, 0) is 0 Å². The maximum absolute atomic E-state index is 12.2. The van der Waals surface area contributed by atoms with Gasteiger partial charge in [0, 0.05) is 11.9 Å². The van der Waals surface area contributed by atoms with Crippen LogP contribution in [0.15, 0.2) is 83.2 Å². The molecule has 2 aromatic carbocycles. The molecule has 7 heteroatoms. The van der Waals surface area contributed by atoms with Gasteiger partial charge in [0.25, 0.3) is 5.91 Å². The summed E-state index contributed by atoms with van der Waals surface area (Å²) < 4.78 is 0. The second-order valence-corrected chi connectivity index (χ2v) is 5.33. The van der Waals surface area contributed by atoms with Crippen LogP contribution in [0.5, 0.6) is 0 Å². The molecule has 26 heavy (non-hydrogen) atoms. The van der Waals surface area contributed by atoms with Gasteiger partial charge < -0.3 is 11.1 Å². The largest absolute Gasteiger partial charge is 0.366 e. The normalized spacial score (nSPS) is 10.6. The Morgan fingerprint density at radius 1 is 0.846 bits per heavy atom. The molecule has 3 rings (SSSR count). The van der Waals surface area contributed by atoms with Crippen LogP contribution in [0.2, 0.25) is 0 Å². The Morgan fingerprint density at radius 3 is 2.08 bits per heavy atom. The van der Waals surface area contributed by atoms with Gasteiger partial charge in [-0.3, -0.25) is 14.6 Å². The zero-order valence-corrected chi connectivity index (χ0v) is 13.7. The van der Waals surface area contributed by atoms with E-state index in [0.29, 0.717) is 11.4 Å². The first-order valence-electron chi connectivity index (χ1n) is 7.76. The maximum atomic E-state index is 12.2. The fraction of sp³-hybridized carbons (Fsp3) is 0. The molecular weight excluding hydrogens is 330 g/mol. The van der Waals surface area contributed by atoms with Crippen molar-refractivity contribution < 1.29 is 9.59 Å². The number of azo groups is 1. The van der Waals surface area contributed by atoms with E-state index in [-0.39, 0.29) is 17.2 Å². The minimum atomic E-state index is -0.593. The molecule has 0 saturated carbocycles. The third-order valence-electron chi connectivity index (χ3n) is 3.44. The summed E-state index contributed by atoms with van der Waals surface area (Å²) in [5.74, 6) is -0.982. The number of nitrogens with two attached hydrogens (primary N) is 1. The maximum Gasteiger partial charge on any atom is 0.274 e. The molecule has 0 bridgehead atoms. The molecule has 0 fully saturated rings. The Morgan fingerprint density at radius 2 is 1.50 bits per heavy atom. The Labute approximate surface area is 149 Å². The average molecular weight is 345 g/mol. The molecule has 7 nitrogen and oxygen atoms in total. The Hall–Kier alpha value is -3.87. The molecule has 0 unspecified atom stereocenters. The quantitative estimate of drug-likeness (QED) is 0.685. The van der Waals surface area contributed by atoms with E-state index in [1.807, 2.05) is 30.3 Å². The number of hydrogen-bond acceptors (Lipinski definition) is 5. The van der Waals surface area contributed by atoms with E-state index in [2.05, 4.69) is 20.5 Å². The molecule has 1 heterocycles. The topological polar surface area (TPSA) is 110 Å². The summed E-state index contributed by atoms with van der Waals surface area (Å²) in [6.07, 6.45) is 1.27. The van der Waals surface area contributed by atoms with Crippen LogP contribution in [-0.4, -0.2) is 16.8 Å². The number of rotatable bonds is 5. The van der Waals surface area contributed by atoms with Gasteiger partial charge in [-0.15, -0.1) is 0 Å². The van der Waals surface area contributed by atoms with Crippen molar-refractivity contribution in [3.8, 4) is 0 Å². The highest BCUT2D eigenvalue weighted by Gasteiger charge is 2.09. The number of pyridine rings is 1. The number of anilines is 1. The summed E-state index contributed by atoms with van der Waals surface area (Å²) in [7, 11) is 0. The number of aromatic nitrogens is 1. The zero-order chi connectivity index (χ0) is 18.4. The molecule has 0 spiro atoms. The van der Waals surface area contributed by atoms with Crippen LogP contribution in [0.4, 0.5) is 17.1 Å². The molecule has 3 aromatic rings. The molecule has 128 valence electrons. The summed E-state index contributed by atoms with van der Waals surface area (Å²) in [4.78, 5) is 27.1. The molecule has 3 N–H and O–H groups in total. The second-order valence-electron chi connectivity index (χ2n) is 5.33. The van der Waals surface area contributed by atoms with Gasteiger partial charge in [0.1, 0.15) is 5.69 Å². The van der Waals surface area contributed by atoms with Gasteiger partial charge in [0.2, 0.25) is 5.91 Å². The molecule has 0 radical (unpaired) electrons. The van der Waals surface area contributed by atoms with E-state index in [4.69, 9.17) is 5.73 Å².